The van der Waals surface area contributed by atoms with Crippen LogP contribution in [-0.4, -0.2) is 38.1 Å². The maximum Gasteiger partial charge on any atom is 0.387 e. The second-order valence-electron chi connectivity index (χ2n) is 5.25. The van der Waals surface area contributed by atoms with Crippen LogP contribution in [0.1, 0.15) is 18.4 Å². The first-order valence-corrected chi connectivity index (χ1v) is 7.04. The number of aliphatic imine (C=N–C) groups is 1. The number of nitrogens with one attached hydrogen (secondary N) is 1. The summed E-state index contributed by atoms with van der Waals surface area (Å²) >= 11 is 0. The van der Waals surface area contributed by atoms with E-state index >= 15 is 0 Å². The molecule has 0 atom stereocenters. The number of rotatable bonds is 6. The number of hydrogen-bond acceptors (Lipinski definition) is 2. The molecule has 1 aliphatic rings. The SMILES string of the molecule is CN=C(NCC1CC1)N(C)Cc1ccc(OC(F)F)cc1.I. The lowest BCUT2D eigenvalue weighted by Crippen LogP contribution is -2.39. The van der Waals surface area contributed by atoms with Crippen LogP contribution >= 0.6 is 24.0 Å². The summed E-state index contributed by atoms with van der Waals surface area (Å²) in [6.45, 7) is -1.18. The summed E-state index contributed by atoms with van der Waals surface area (Å²) in [6, 6.07) is 6.66. The van der Waals surface area contributed by atoms with Crippen molar-refractivity contribution in [1.82, 2.24) is 10.2 Å². The number of hydrogen-bond donors (Lipinski definition) is 1. The molecule has 1 N–H and O–H groups in total. The third kappa shape index (κ3) is 6.33. The fourth-order valence-electron chi connectivity index (χ4n) is 2.07. The van der Waals surface area contributed by atoms with Gasteiger partial charge in [0, 0.05) is 27.2 Å². The Morgan fingerprint density at radius 1 is 1.36 bits per heavy atom. The van der Waals surface area contributed by atoms with Crippen molar-refractivity contribution in [3.63, 3.8) is 0 Å². The Balaban J connectivity index is 0.00000242. The minimum absolute atomic E-state index is 0. The molecule has 7 heteroatoms. The molecule has 0 bridgehead atoms. The second kappa shape index (κ2) is 9.12. The van der Waals surface area contributed by atoms with Crippen LogP contribution in [0.4, 0.5) is 8.78 Å². The van der Waals surface area contributed by atoms with Crippen molar-refractivity contribution < 1.29 is 13.5 Å². The van der Waals surface area contributed by atoms with Gasteiger partial charge < -0.3 is 15.0 Å². The van der Waals surface area contributed by atoms with Crippen molar-refractivity contribution >= 4 is 29.9 Å². The van der Waals surface area contributed by atoms with Crippen molar-refractivity contribution in [1.29, 1.82) is 0 Å². The van der Waals surface area contributed by atoms with Gasteiger partial charge in [-0.15, -0.1) is 24.0 Å². The van der Waals surface area contributed by atoms with E-state index in [0.29, 0.717) is 6.54 Å². The van der Waals surface area contributed by atoms with Gasteiger partial charge in [0.1, 0.15) is 5.75 Å². The summed E-state index contributed by atoms with van der Waals surface area (Å²) < 4.78 is 28.5. The highest BCUT2D eigenvalue weighted by atomic mass is 127. The Bertz CT molecular complexity index is 478. The Hall–Kier alpha value is -1.12. The van der Waals surface area contributed by atoms with Gasteiger partial charge in [0.25, 0.3) is 0 Å². The van der Waals surface area contributed by atoms with E-state index in [2.05, 4.69) is 15.0 Å². The van der Waals surface area contributed by atoms with Gasteiger partial charge >= 0.3 is 6.61 Å². The number of benzene rings is 1. The summed E-state index contributed by atoms with van der Waals surface area (Å²) in [6.07, 6.45) is 2.58. The number of guanidine groups is 1. The van der Waals surface area contributed by atoms with Gasteiger partial charge in [-0.3, -0.25) is 4.99 Å². The minimum Gasteiger partial charge on any atom is -0.435 e. The molecule has 4 nitrogen and oxygen atoms in total. The Labute approximate surface area is 147 Å². The highest BCUT2D eigenvalue weighted by molar-refractivity contribution is 14.0. The third-order valence-electron chi connectivity index (χ3n) is 3.39. The predicted octanol–water partition coefficient (Wildman–Crippen LogP) is 3.32. The van der Waals surface area contributed by atoms with Gasteiger partial charge in [-0.1, -0.05) is 12.1 Å². The van der Waals surface area contributed by atoms with Gasteiger partial charge in [0.05, 0.1) is 0 Å². The monoisotopic (exact) mass is 425 g/mol. The van der Waals surface area contributed by atoms with E-state index in [9.17, 15) is 8.78 Å². The molecule has 1 aromatic rings. The lowest BCUT2D eigenvalue weighted by molar-refractivity contribution is -0.0498. The molecule has 1 aromatic carbocycles. The molecule has 1 fully saturated rings. The summed E-state index contributed by atoms with van der Waals surface area (Å²) in [4.78, 5) is 6.25. The van der Waals surface area contributed by atoms with Gasteiger partial charge in [0.2, 0.25) is 0 Å². The molecular formula is C15H22F2IN3O. The number of alkyl halides is 2. The summed E-state index contributed by atoms with van der Waals surface area (Å²) in [7, 11) is 3.71. The van der Waals surface area contributed by atoms with E-state index in [4.69, 9.17) is 0 Å². The van der Waals surface area contributed by atoms with Crippen LogP contribution in [-0.2, 0) is 6.54 Å². The molecule has 0 spiro atoms. The zero-order valence-electron chi connectivity index (χ0n) is 12.8. The lowest BCUT2D eigenvalue weighted by Gasteiger charge is -2.22. The molecule has 0 amide bonds. The van der Waals surface area contributed by atoms with E-state index in [1.807, 2.05) is 11.9 Å². The minimum atomic E-state index is -2.79. The van der Waals surface area contributed by atoms with E-state index in [-0.39, 0.29) is 29.7 Å². The number of ether oxygens (including phenoxy) is 1. The molecule has 0 saturated heterocycles. The standard InChI is InChI=1S/C15H21F2N3O.HI/c1-18-15(19-9-11-3-4-11)20(2)10-12-5-7-13(8-6-12)21-14(16)17;/h5-8,11,14H,3-4,9-10H2,1-2H3,(H,18,19);1H. The van der Waals surface area contributed by atoms with Crippen LogP contribution in [0.15, 0.2) is 29.3 Å². The molecular weight excluding hydrogens is 403 g/mol. The molecule has 1 saturated carbocycles. The molecule has 2 rings (SSSR count). The van der Waals surface area contributed by atoms with Crippen molar-refractivity contribution in [3.05, 3.63) is 29.8 Å². The van der Waals surface area contributed by atoms with Crippen LogP contribution in [0, 0.1) is 5.92 Å². The second-order valence-corrected chi connectivity index (χ2v) is 5.25. The quantitative estimate of drug-likeness (QED) is 0.432. The molecule has 0 radical (unpaired) electrons. The largest absolute Gasteiger partial charge is 0.435 e. The molecule has 1 aliphatic carbocycles. The van der Waals surface area contributed by atoms with Crippen molar-refractivity contribution in [2.75, 3.05) is 20.6 Å². The predicted molar refractivity (Wildman–Crippen MR) is 94.0 cm³/mol. The fraction of sp³-hybridized carbons (Fsp3) is 0.533. The summed E-state index contributed by atoms with van der Waals surface area (Å²) in [5.41, 5.74) is 1.01. The van der Waals surface area contributed by atoms with Crippen molar-refractivity contribution in [2.24, 2.45) is 10.9 Å². The average molecular weight is 425 g/mol. The molecule has 124 valence electrons. The van der Waals surface area contributed by atoms with Crippen LogP contribution in [0.5, 0.6) is 5.75 Å². The molecule has 0 heterocycles. The van der Waals surface area contributed by atoms with Gasteiger partial charge in [-0.2, -0.15) is 8.78 Å². The van der Waals surface area contributed by atoms with Gasteiger partial charge in [0.15, 0.2) is 5.96 Å². The maximum absolute atomic E-state index is 12.1. The van der Waals surface area contributed by atoms with E-state index < -0.39 is 6.61 Å². The first kappa shape index (κ1) is 18.9. The topological polar surface area (TPSA) is 36.9 Å². The van der Waals surface area contributed by atoms with E-state index in [1.54, 1.807) is 31.3 Å². The van der Waals surface area contributed by atoms with Crippen molar-refractivity contribution in [2.45, 2.75) is 26.0 Å². The smallest absolute Gasteiger partial charge is 0.387 e. The summed E-state index contributed by atoms with van der Waals surface area (Å²) in [5.74, 6) is 1.79. The maximum atomic E-state index is 12.1. The normalized spacial score (nSPS) is 14.5. The highest BCUT2D eigenvalue weighted by Gasteiger charge is 2.21. The highest BCUT2D eigenvalue weighted by Crippen LogP contribution is 2.27. The van der Waals surface area contributed by atoms with Gasteiger partial charge in [-0.05, 0) is 36.5 Å². The molecule has 0 unspecified atom stereocenters. The Kier molecular flexibility index (Phi) is 7.84. The zero-order chi connectivity index (χ0) is 15.2. The summed E-state index contributed by atoms with van der Waals surface area (Å²) in [5, 5.41) is 3.34. The Morgan fingerprint density at radius 3 is 2.50 bits per heavy atom. The zero-order valence-corrected chi connectivity index (χ0v) is 15.1. The van der Waals surface area contributed by atoms with Crippen LogP contribution in [0.2, 0.25) is 0 Å². The van der Waals surface area contributed by atoms with E-state index in [0.717, 1.165) is 24.0 Å². The molecule has 0 aliphatic heterocycles. The fourth-order valence-corrected chi connectivity index (χ4v) is 2.07. The molecule has 0 aromatic heterocycles. The third-order valence-corrected chi connectivity index (χ3v) is 3.39. The van der Waals surface area contributed by atoms with Crippen LogP contribution < -0.4 is 10.1 Å². The first-order chi connectivity index (χ1) is 10.1. The van der Waals surface area contributed by atoms with Crippen LogP contribution in [0.25, 0.3) is 0 Å². The molecule has 22 heavy (non-hydrogen) atoms. The van der Waals surface area contributed by atoms with E-state index in [1.165, 1.54) is 12.8 Å². The van der Waals surface area contributed by atoms with Crippen molar-refractivity contribution in [3.8, 4) is 5.75 Å². The van der Waals surface area contributed by atoms with Crippen LogP contribution in [0.3, 0.4) is 0 Å². The number of nitrogens with zero attached hydrogens (tertiary/aromatic N) is 2. The Morgan fingerprint density at radius 2 is 2.00 bits per heavy atom. The lowest BCUT2D eigenvalue weighted by atomic mass is 10.2. The van der Waals surface area contributed by atoms with Gasteiger partial charge in [-0.25, -0.2) is 0 Å². The number of halogens is 3. The average Bonchev–Trinajstić information content (AvgIpc) is 3.25. The first-order valence-electron chi connectivity index (χ1n) is 7.04.